The summed E-state index contributed by atoms with van der Waals surface area (Å²) >= 11 is 4.70. The molecule has 44 heavy (non-hydrogen) atoms. The Morgan fingerprint density at radius 2 is 0.932 bits per heavy atom. The standard InChI is InChI=1S/C42H29NS/c1-27-22-23-29(26-39(27)42-40(44)21-10-24-43-42)28-11-8-12-30(25-28)31-19-9-20-38-36-16-5-4-15-34(36)32-13-2-3-14-33(32)35-17-6-7-18-37(35)41(31)38/h2-26,44H,1H3. The molecule has 1 aliphatic carbocycles. The summed E-state index contributed by atoms with van der Waals surface area (Å²) in [4.78, 5) is 5.53. The highest BCUT2D eigenvalue weighted by Gasteiger charge is 2.23. The summed E-state index contributed by atoms with van der Waals surface area (Å²) in [5, 5.41) is 0. The molecule has 0 atom stereocenters. The minimum Gasteiger partial charge on any atom is -0.255 e. The molecule has 208 valence electrons. The molecule has 0 saturated carbocycles. The average molecular weight is 580 g/mol. The van der Waals surface area contributed by atoms with Crippen LogP contribution in [0.3, 0.4) is 0 Å². The van der Waals surface area contributed by atoms with Crippen molar-refractivity contribution in [2.24, 2.45) is 0 Å². The van der Waals surface area contributed by atoms with Crippen LogP contribution in [0.5, 0.6) is 0 Å². The van der Waals surface area contributed by atoms with Crippen LogP contribution >= 0.6 is 12.6 Å². The van der Waals surface area contributed by atoms with Gasteiger partial charge in [0, 0.05) is 16.7 Å². The zero-order valence-electron chi connectivity index (χ0n) is 24.3. The SMILES string of the molecule is Cc1ccc(-c2cccc(-c3cccc4c3-c3ccccc3-c3ccccc3-c3ccccc3-4)c2)cc1-c1ncccc1S. The van der Waals surface area contributed by atoms with Crippen LogP contribution < -0.4 is 0 Å². The molecular formula is C42H29NS. The maximum atomic E-state index is 4.70. The summed E-state index contributed by atoms with van der Waals surface area (Å²) < 4.78 is 0. The Kier molecular flexibility index (Phi) is 6.51. The van der Waals surface area contributed by atoms with Gasteiger partial charge >= 0.3 is 0 Å². The molecule has 8 rings (SSSR count). The third-order valence-corrected chi connectivity index (χ3v) is 9.13. The lowest BCUT2D eigenvalue weighted by Gasteiger charge is -2.25. The molecule has 2 heteroatoms. The zero-order chi connectivity index (χ0) is 29.6. The average Bonchev–Trinajstić information content (AvgIpc) is 3.08. The number of thiol groups is 1. The van der Waals surface area contributed by atoms with Crippen molar-refractivity contribution in [3.63, 3.8) is 0 Å². The van der Waals surface area contributed by atoms with Crippen molar-refractivity contribution < 1.29 is 0 Å². The largest absolute Gasteiger partial charge is 0.255 e. The van der Waals surface area contributed by atoms with E-state index in [1.165, 1.54) is 66.8 Å². The lowest BCUT2D eigenvalue weighted by atomic mass is 9.78. The van der Waals surface area contributed by atoms with E-state index in [1.54, 1.807) is 0 Å². The molecule has 1 aliphatic rings. The van der Waals surface area contributed by atoms with E-state index in [2.05, 4.69) is 145 Å². The molecule has 1 aromatic heterocycles. The lowest BCUT2D eigenvalue weighted by molar-refractivity contribution is 1.23. The van der Waals surface area contributed by atoms with Crippen LogP contribution in [0, 0.1) is 6.92 Å². The van der Waals surface area contributed by atoms with E-state index in [0.717, 1.165) is 21.7 Å². The van der Waals surface area contributed by atoms with Crippen LogP contribution in [0.15, 0.2) is 157 Å². The van der Waals surface area contributed by atoms with E-state index in [4.69, 9.17) is 12.6 Å². The fraction of sp³-hybridized carbons (Fsp3) is 0.0238. The van der Waals surface area contributed by atoms with Crippen molar-refractivity contribution in [3.05, 3.63) is 157 Å². The number of rotatable bonds is 3. The number of hydrogen-bond donors (Lipinski definition) is 1. The molecule has 0 N–H and O–H groups in total. The number of fused-ring (bicyclic) bond motifs is 8. The molecule has 6 aromatic carbocycles. The third-order valence-electron chi connectivity index (χ3n) is 8.77. The van der Waals surface area contributed by atoms with Gasteiger partial charge in [0.05, 0.1) is 5.69 Å². The second kappa shape index (κ2) is 10.8. The van der Waals surface area contributed by atoms with Crippen molar-refractivity contribution in [1.29, 1.82) is 0 Å². The van der Waals surface area contributed by atoms with E-state index >= 15 is 0 Å². The smallest absolute Gasteiger partial charge is 0.0837 e. The number of aromatic nitrogens is 1. The predicted octanol–water partition coefficient (Wildman–Crippen LogP) is 11.7. The minimum atomic E-state index is 0.880. The van der Waals surface area contributed by atoms with Gasteiger partial charge in [0.25, 0.3) is 0 Å². The van der Waals surface area contributed by atoms with Crippen molar-refractivity contribution in [1.82, 2.24) is 4.98 Å². The topological polar surface area (TPSA) is 12.9 Å². The first-order valence-electron chi connectivity index (χ1n) is 14.9. The number of nitrogens with zero attached hydrogens (tertiary/aromatic N) is 1. The quantitative estimate of drug-likeness (QED) is 0.205. The molecule has 0 aliphatic heterocycles. The summed E-state index contributed by atoms with van der Waals surface area (Å²) in [6.45, 7) is 2.13. The Morgan fingerprint density at radius 1 is 0.409 bits per heavy atom. The van der Waals surface area contributed by atoms with Gasteiger partial charge in [0.15, 0.2) is 0 Å². The molecule has 1 heterocycles. The van der Waals surface area contributed by atoms with Crippen molar-refractivity contribution in [3.8, 4) is 78.0 Å². The third kappa shape index (κ3) is 4.38. The van der Waals surface area contributed by atoms with Crippen molar-refractivity contribution in [2.45, 2.75) is 11.8 Å². The normalized spacial score (nSPS) is 11.4. The number of aryl methyl sites for hydroxylation is 1. The first-order chi connectivity index (χ1) is 21.7. The van der Waals surface area contributed by atoms with E-state index < -0.39 is 0 Å². The molecule has 0 spiro atoms. The molecule has 7 aromatic rings. The van der Waals surface area contributed by atoms with Crippen LogP contribution in [-0.2, 0) is 0 Å². The number of benzene rings is 6. The molecule has 0 bridgehead atoms. The lowest BCUT2D eigenvalue weighted by Crippen LogP contribution is -1.98. The highest BCUT2D eigenvalue weighted by atomic mass is 32.1. The summed E-state index contributed by atoms with van der Waals surface area (Å²) in [5.74, 6) is 0. The van der Waals surface area contributed by atoms with Gasteiger partial charge in [-0.25, -0.2) is 0 Å². The highest BCUT2D eigenvalue weighted by Crippen LogP contribution is 2.50. The van der Waals surface area contributed by atoms with E-state index in [-0.39, 0.29) is 0 Å². The van der Waals surface area contributed by atoms with Gasteiger partial charge in [-0.1, -0.05) is 121 Å². The summed E-state index contributed by atoms with van der Waals surface area (Å²) in [6.07, 6.45) is 1.83. The first-order valence-corrected chi connectivity index (χ1v) is 15.4. The van der Waals surface area contributed by atoms with E-state index in [9.17, 15) is 0 Å². The minimum absolute atomic E-state index is 0.880. The Morgan fingerprint density at radius 3 is 1.61 bits per heavy atom. The summed E-state index contributed by atoms with van der Waals surface area (Å²) in [6, 6.07) is 52.7. The molecule has 0 radical (unpaired) electrons. The number of pyridine rings is 1. The highest BCUT2D eigenvalue weighted by molar-refractivity contribution is 7.80. The Bertz CT molecular complexity index is 2200. The van der Waals surface area contributed by atoms with Gasteiger partial charge in [-0.3, -0.25) is 4.98 Å². The molecular weight excluding hydrogens is 551 g/mol. The van der Waals surface area contributed by atoms with Crippen LogP contribution in [0.4, 0.5) is 0 Å². The molecule has 0 amide bonds. The second-order valence-corrected chi connectivity index (χ2v) is 11.8. The van der Waals surface area contributed by atoms with Gasteiger partial charge in [-0.2, -0.15) is 0 Å². The van der Waals surface area contributed by atoms with Gasteiger partial charge in [-0.05, 0) is 104 Å². The summed E-state index contributed by atoms with van der Waals surface area (Å²) in [7, 11) is 0. The van der Waals surface area contributed by atoms with Crippen molar-refractivity contribution >= 4 is 12.6 Å². The Balaban J connectivity index is 1.35. The van der Waals surface area contributed by atoms with Gasteiger partial charge < -0.3 is 0 Å². The fourth-order valence-corrected chi connectivity index (χ4v) is 6.94. The predicted molar refractivity (Wildman–Crippen MR) is 188 cm³/mol. The second-order valence-electron chi connectivity index (χ2n) is 11.3. The molecule has 0 unspecified atom stereocenters. The Labute approximate surface area is 264 Å². The van der Waals surface area contributed by atoms with Crippen LogP contribution in [0.2, 0.25) is 0 Å². The van der Waals surface area contributed by atoms with E-state index in [1.807, 2.05) is 18.3 Å². The van der Waals surface area contributed by atoms with Crippen LogP contribution in [0.1, 0.15) is 5.56 Å². The molecule has 1 nitrogen and oxygen atoms in total. The summed E-state index contributed by atoms with van der Waals surface area (Å²) in [5.41, 5.74) is 18.0. The monoisotopic (exact) mass is 579 g/mol. The van der Waals surface area contributed by atoms with Gasteiger partial charge in [0.1, 0.15) is 0 Å². The van der Waals surface area contributed by atoms with E-state index in [0.29, 0.717) is 0 Å². The van der Waals surface area contributed by atoms with Gasteiger partial charge in [-0.15, -0.1) is 12.6 Å². The van der Waals surface area contributed by atoms with Crippen LogP contribution in [0.25, 0.3) is 78.0 Å². The maximum Gasteiger partial charge on any atom is 0.0837 e. The first kappa shape index (κ1) is 26.4. The molecule has 0 saturated heterocycles. The Hall–Kier alpha value is -5.18. The van der Waals surface area contributed by atoms with Gasteiger partial charge in [0.2, 0.25) is 0 Å². The zero-order valence-corrected chi connectivity index (χ0v) is 25.2. The molecule has 0 fully saturated rings. The fourth-order valence-electron chi connectivity index (χ4n) is 6.68. The number of hydrogen-bond acceptors (Lipinski definition) is 2. The maximum absolute atomic E-state index is 4.70. The van der Waals surface area contributed by atoms with Crippen molar-refractivity contribution in [2.75, 3.05) is 0 Å². The van der Waals surface area contributed by atoms with Crippen LogP contribution in [-0.4, -0.2) is 4.98 Å².